The fourth-order valence-electron chi connectivity index (χ4n) is 3.02. The molecule has 28 heavy (non-hydrogen) atoms. The molecule has 0 aliphatic carbocycles. The summed E-state index contributed by atoms with van der Waals surface area (Å²) in [6, 6.07) is 4.25. The number of hydrogen-bond donors (Lipinski definition) is 1. The standard InChI is InChI=1S/C16H15ClN6O4S/c1-3-22-14-12(15-21-18-8-23(15)16(22)24)19-13(20-14)10-7-9(28(17,25)26)5-6-11(10)27-4-2/h5-8H,3-4H2,1-2H3,(H,19,20). The first kappa shape index (κ1) is 18.4. The molecule has 4 aromatic rings. The molecule has 4 rings (SSSR count). The Bertz CT molecular complexity index is 1370. The lowest BCUT2D eigenvalue weighted by Crippen LogP contribution is -2.26. The van der Waals surface area contributed by atoms with Gasteiger partial charge in [0.25, 0.3) is 9.05 Å². The first-order valence-electron chi connectivity index (χ1n) is 8.39. The van der Waals surface area contributed by atoms with Gasteiger partial charge in [-0.15, -0.1) is 10.2 Å². The van der Waals surface area contributed by atoms with Crippen molar-refractivity contribution in [3.05, 3.63) is 35.0 Å². The second kappa shape index (κ2) is 6.60. The number of ether oxygens (including phenoxy) is 1. The minimum Gasteiger partial charge on any atom is -0.493 e. The zero-order valence-electron chi connectivity index (χ0n) is 14.9. The summed E-state index contributed by atoms with van der Waals surface area (Å²) >= 11 is 0. The van der Waals surface area contributed by atoms with Gasteiger partial charge in [0.1, 0.15) is 23.4 Å². The zero-order valence-corrected chi connectivity index (χ0v) is 16.5. The Balaban J connectivity index is 2.06. The van der Waals surface area contributed by atoms with E-state index in [1.54, 1.807) is 0 Å². The Morgan fingerprint density at radius 2 is 2.04 bits per heavy atom. The molecule has 3 aromatic heterocycles. The van der Waals surface area contributed by atoms with Crippen molar-refractivity contribution in [1.29, 1.82) is 0 Å². The van der Waals surface area contributed by atoms with E-state index in [-0.39, 0.29) is 10.6 Å². The van der Waals surface area contributed by atoms with Crippen LogP contribution in [0.5, 0.6) is 5.75 Å². The van der Waals surface area contributed by atoms with Crippen molar-refractivity contribution < 1.29 is 13.2 Å². The van der Waals surface area contributed by atoms with E-state index in [9.17, 15) is 13.2 Å². The van der Waals surface area contributed by atoms with Crippen LogP contribution >= 0.6 is 10.7 Å². The Morgan fingerprint density at radius 3 is 2.71 bits per heavy atom. The molecular formula is C16H15ClN6O4S. The molecule has 1 N–H and O–H groups in total. The van der Waals surface area contributed by atoms with Crippen LogP contribution in [0.2, 0.25) is 0 Å². The van der Waals surface area contributed by atoms with Gasteiger partial charge in [-0.3, -0.25) is 4.57 Å². The molecule has 0 saturated carbocycles. The molecule has 0 spiro atoms. The lowest BCUT2D eigenvalue weighted by molar-refractivity contribution is 0.341. The van der Waals surface area contributed by atoms with Crippen LogP contribution in [0, 0.1) is 0 Å². The summed E-state index contributed by atoms with van der Waals surface area (Å²) in [5.41, 5.74) is 1.27. The summed E-state index contributed by atoms with van der Waals surface area (Å²) < 4.78 is 31.9. The molecule has 0 bridgehead atoms. The lowest BCUT2D eigenvalue weighted by atomic mass is 10.2. The molecule has 0 atom stereocenters. The quantitative estimate of drug-likeness (QED) is 0.486. The van der Waals surface area contributed by atoms with Crippen LogP contribution in [0.4, 0.5) is 0 Å². The number of aryl methyl sites for hydroxylation is 1. The molecule has 12 heteroatoms. The summed E-state index contributed by atoms with van der Waals surface area (Å²) in [5.74, 6) is 0.742. The van der Waals surface area contributed by atoms with Crippen molar-refractivity contribution in [2.75, 3.05) is 6.61 Å². The lowest BCUT2D eigenvalue weighted by Gasteiger charge is -2.09. The van der Waals surface area contributed by atoms with E-state index < -0.39 is 9.05 Å². The highest BCUT2D eigenvalue weighted by Gasteiger charge is 2.20. The maximum atomic E-state index is 12.6. The van der Waals surface area contributed by atoms with Crippen LogP contribution in [-0.2, 0) is 15.6 Å². The van der Waals surface area contributed by atoms with Crippen LogP contribution in [-0.4, -0.2) is 44.2 Å². The minimum atomic E-state index is -3.95. The highest BCUT2D eigenvalue weighted by molar-refractivity contribution is 8.13. The number of nitrogens with zero attached hydrogens (tertiary/aromatic N) is 5. The average molecular weight is 423 g/mol. The van der Waals surface area contributed by atoms with E-state index in [0.717, 1.165) is 0 Å². The molecule has 0 aliphatic rings. The van der Waals surface area contributed by atoms with Gasteiger partial charge in [0.05, 0.1) is 17.1 Å². The molecule has 10 nitrogen and oxygen atoms in total. The van der Waals surface area contributed by atoms with Gasteiger partial charge in [-0.05, 0) is 32.0 Å². The third kappa shape index (κ3) is 2.83. The van der Waals surface area contributed by atoms with Crippen LogP contribution in [0.25, 0.3) is 28.2 Å². The van der Waals surface area contributed by atoms with Crippen molar-refractivity contribution >= 4 is 36.5 Å². The topological polar surface area (TPSA) is 124 Å². The van der Waals surface area contributed by atoms with E-state index in [2.05, 4.69) is 20.2 Å². The summed E-state index contributed by atoms with van der Waals surface area (Å²) in [5, 5.41) is 7.78. The smallest absolute Gasteiger partial charge is 0.336 e. The zero-order chi connectivity index (χ0) is 20.1. The number of benzene rings is 1. The van der Waals surface area contributed by atoms with Gasteiger partial charge in [0, 0.05) is 17.2 Å². The van der Waals surface area contributed by atoms with Crippen molar-refractivity contribution in [3.63, 3.8) is 0 Å². The third-order valence-corrected chi connectivity index (χ3v) is 5.60. The third-order valence-electron chi connectivity index (χ3n) is 4.25. The monoisotopic (exact) mass is 422 g/mol. The van der Waals surface area contributed by atoms with Crippen LogP contribution in [0.3, 0.4) is 0 Å². The number of rotatable bonds is 5. The summed E-state index contributed by atoms with van der Waals surface area (Å²) in [7, 11) is 1.54. The normalized spacial score (nSPS) is 12.1. The Morgan fingerprint density at radius 1 is 1.25 bits per heavy atom. The first-order chi connectivity index (χ1) is 13.3. The van der Waals surface area contributed by atoms with Crippen molar-refractivity contribution in [1.82, 2.24) is 29.1 Å². The predicted octanol–water partition coefficient (Wildman–Crippen LogP) is 1.78. The number of aromatic nitrogens is 6. The fourth-order valence-corrected chi connectivity index (χ4v) is 3.80. The number of hydrogen-bond acceptors (Lipinski definition) is 7. The van der Waals surface area contributed by atoms with Gasteiger partial charge in [-0.25, -0.2) is 22.6 Å². The van der Waals surface area contributed by atoms with Crippen LogP contribution in [0.15, 0.2) is 34.2 Å². The Hall–Kier alpha value is -2.92. The molecule has 3 heterocycles. The highest BCUT2D eigenvalue weighted by Crippen LogP contribution is 2.33. The van der Waals surface area contributed by atoms with Gasteiger partial charge in [-0.1, -0.05) is 0 Å². The van der Waals surface area contributed by atoms with E-state index >= 15 is 0 Å². The summed E-state index contributed by atoms with van der Waals surface area (Å²) in [6.45, 7) is 4.37. The minimum absolute atomic E-state index is 0.0893. The number of fused-ring (bicyclic) bond motifs is 3. The molecule has 0 saturated heterocycles. The van der Waals surface area contributed by atoms with E-state index in [1.165, 1.54) is 33.5 Å². The largest absolute Gasteiger partial charge is 0.493 e. The van der Waals surface area contributed by atoms with E-state index in [4.69, 9.17) is 15.4 Å². The summed E-state index contributed by atoms with van der Waals surface area (Å²) in [6.07, 6.45) is 1.33. The highest BCUT2D eigenvalue weighted by atomic mass is 35.7. The summed E-state index contributed by atoms with van der Waals surface area (Å²) in [4.78, 5) is 20.1. The molecule has 1 aromatic carbocycles. The van der Waals surface area contributed by atoms with Gasteiger partial charge in [0.15, 0.2) is 11.3 Å². The van der Waals surface area contributed by atoms with Gasteiger partial charge in [0.2, 0.25) is 0 Å². The maximum Gasteiger partial charge on any atom is 0.336 e. The molecule has 146 valence electrons. The number of H-pyrrole nitrogens is 1. The number of halogens is 1. The molecule has 0 radical (unpaired) electrons. The molecule has 0 amide bonds. The maximum absolute atomic E-state index is 12.6. The Labute approximate surface area is 163 Å². The predicted molar refractivity (Wildman–Crippen MR) is 102 cm³/mol. The molecular weight excluding hydrogens is 408 g/mol. The number of imidazole rings is 1. The second-order valence-corrected chi connectivity index (χ2v) is 8.43. The van der Waals surface area contributed by atoms with Crippen LogP contribution in [0.1, 0.15) is 13.8 Å². The van der Waals surface area contributed by atoms with E-state index in [1.807, 2.05) is 13.8 Å². The molecule has 0 unspecified atom stereocenters. The Kier molecular flexibility index (Phi) is 4.35. The van der Waals surface area contributed by atoms with Crippen molar-refractivity contribution in [3.8, 4) is 17.1 Å². The van der Waals surface area contributed by atoms with E-state index in [0.29, 0.717) is 47.1 Å². The first-order valence-corrected chi connectivity index (χ1v) is 10.7. The van der Waals surface area contributed by atoms with Crippen molar-refractivity contribution in [2.45, 2.75) is 25.3 Å². The molecule has 0 aliphatic heterocycles. The van der Waals surface area contributed by atoms with Crippen molar-refractivity contribution in [2.24, 2.45) is 0 Å². The molecule has 0 fully saturated rings. The van der Waals surface area contributed by atoms with Gasteiger partial charge < -0.3 is 9.72 Å². The van der Waals surface area contributed by atoms with Gasteiger partial charge in [-0.2, -0.15) is 0 Å². The number of aromatic amines is 1. The average Bonchev–Trinajstić information content (AvgIpc) is 3.29. The van der Waals surface area contributed by atoms with Crippen LogP contribution < -0.4 is 10.4 Å². The second-order valence-electron chi connectivity index (χ2n) is 5.86. The number of nitrogens with one attached hydrogen (secondary N) is 1. The van der Waals surface area contributed by atoms with Gasteiger partial charge >= 0.3 is 5.69 Å². The fraction of sp³-hybridized carbons (Fsp3) is 0.250. The SMILES string of the molecule is CCOc1ccc(S(=O)(=O)Cl)cc1-c1nc2c([nH]1)c1nncn1c(=O)n2CC.